The van der Waals surface area contributed by atoms with E-state index >= 15 is 0 Å². The maximum absolute atomic E-state index is 13.5. The molecule has 0 saturated carbocycles. The standard InChI is InChI=1S/C30H37N5O8/c1-3-16(2)26(31)29(41)34-23(14-25(37)38)28(40)33-22(13-18-15-32-21-7-5-4-6-20(18)21)27(39)35-24(30(42)43)12-17-8-10-19(36)11-9-17/h4-11,15-16,22-24,26,32,36H,3,12-14,31H2,1-2H3,(H,33,40)(H,34,41)(H,35,39)(H,37,38)(H,42,43). The Morgan fingerprint density at radius 2 is 1.44 bits per heavy atom. The number of fused-ring (bicyclic) bond motifs is 1. The van der Waals surface area contributed by atoms with E-state index in [0.717, 1.165) is 10.9 Å². The highest BCUT2D eigenvalue weighted by atomic mass is 16.4. The molecular formula is C30H37N5O8. The quantitative estimate of drug-likeness (QED) is 0.125. The summed E-state index contributed by atoms with van der Waals surface area (Å²) in [5, 5.41) is 36.9. The molecule has 5 atom stereocenters. The lowest BCUT2D eigenvalue weighted by Gasteiger charge is -2.25. The zero-order valence-corrected chi connectivity index (χ0v) is 23.9. The molecule has 43 heavy (non-hydrogen) atoms. The molecule has 0 aliphatic carbocycles. The normalized spacial score (nSPS) is 14.6. The van der Waals surface area contributed by atoms with Crippen molar-refractivity contribution in [1.82, 2.24) is 20.9 Å². The summed E-state index contributed by atoms with van der Waals surface area (Å²) < 4.78 is 0. The van der Waals surface area contributed by atoms with Crippen LogP contribution in [0.2, 0.25) is 0 Å². The molecule has 13 nitrogen and oxygen atoms in total. The highest BCUT2D eigenvalue weighted by Crippen LogP contribution is 2.20. The molecule has 0 fully saturated rings. The fourth-order valence-electron chi connectivity index (χ4n) is 4.51. The van der Waals surface area contributed by atoms with Crippen LogP contribution >= 0.6 is 0 Å². The van der Waals surface area contributed by atoms with E-state index in [1.54, 1.807) is 19.2 Å². The van der Waals surface area contributed by atoms with Crippen LogP contribution in [0.1, 0.15) is 37.8 Å². The number of hydrogen-bond donors (Lipinski definition) is 8. The Labute approximate surface area is 247 Å². The van der Waals surface area contributed by atoms with E-state index in [-0.39, 0.29) is 24.5 Å². The summed E-state index contributed by atoms with van der Waals surface area (Å²) in [5.74, 6) is -5.43. The van der Waals surface area contributed by atoms with Crippen LogP contribution < -0.4 is 21.7 Å². The first-order valence-corrected chi connectivity index (χ1v) is 13.8. The first kappa shape index (κ1) is 32.6. The van der Waals surface area contributed by atoms with Crippen molar-refractivity contribution in [2.75, 3.05) is 0 Å². The maximum Gasteiger partial charge on any atom is 0.326 e. The average Bonchev–Trinajstić information content (AvgIpc) is 3.38. The summed E-state index contributed by atoms with van der Waals surface area (Å²) in [5.41, 5.74) is 7.91. The van der Waals surface area contributed by atoms with Gasteiger partial charge in [-0.2, -0.15) is 0 Å². The zero-order valence-electron chi connectivity index (χ0n) is 23.9. The number of para-hydroxylation sites is 1. The van der Waals surface area contributed by atoms with Gasteiger partial charge in [0.1, 0.15) is 23.9 Å². The van der Waals surface area contributed by atoms with Gasteiger partial charge in [-0.1, -0.05) is 50.6 Å². The summed E-state index contributed by atoms with van der Waals surface area (Å²) >= 11 is 0. The smallest absolute Gasteiger partial charge is 0.326 e. The summed E-state index contributed by atoms with van der Waals surface area (Å²) in [7, 11) is 0. The molecule has 0 bridgehead atoms. The Balaban J connectivity index is 1.87. The highest BCUT2D eigenvalue weighted by molar-refractivity contribution is 5.96. The Bertz CT molecular complexity index is 1450. The van der Waals surface area contributed by atoms with Crippen LogP contribution in [0.15, 0.2) is 54.7 Å². The summed E-state index contributed by atoms with van der Waals surface area (Å²) in [6.45, 7) is 3.58. The number of rotatable bonds is 15. The fourth-order valence-corrected chi connectivity index (χ4v) is 4.51. The van der Waals surface area contributed by atoms with Crippen molar-refractivity contribution in [1.29, 1.82) is 0 Å². The van der Waals surface area contributed by atoms with Gasteiger partial charge in [0, 0.05) is 29.9 Å². The number of aromatic nitrogens is 1. The average molecular weight is 596 g/mol. The van der Waals surface area contributed by atoms with Crippen LogP contribution in [0.4, 0.5) is 0 Å². The van der Waals surface area contributed by atoms with Gasteiger partial charge in [-0.3, -0.25) is 19.2 Å². The van der Waals surface area contributed by atoms with Crippen molar-refractivity contribution in [3.63, 3.8) is 0 Å². The van der Waals surface area contributed by atoms with E-state index in [9.17, 15) is 39.3 Å². The van der Waals surface area contributed by atoms with Gasteiger partial charge in [0.2, 0.25) is 17.7 Å². The predicted octanol–water partition coefficient (Wildman–Crippen LogP) is 1.05. The molecule has 0 saturated heterocycles. The van der Waals surface area contributed by atoms with Crippen LogP contribution in [0.25, 0.3) is 10.9 Å². The van der Waals surface area contributed by atoms with Crippen molar-refractivity contribution in [2.45, 2.75) is 63.7 Å². The lowest BCUT2D eigenvalue weighted by Crippen LogP contribution is -2.58. The fraction of sp³-hybridized carbons (Fsp3) is 0.367. The van der Waals surface area contributed by atoms with E-state index in [0.29, 0.717) is 17.5 Å². The molecule has 230 valence electrons. The molecule has 0 spiro atoms. The number of carbonyl (C=O) groups excluding carboxylic acids is 3. The number of nitrogens with two attached hydrogens (primary N) is 1. The number of benzene rings is 2. The third-order valence-electron chi connectivity index (χ3n) is 7.29. The van der Waals surface area contributed by atoms with Crippen molar-refractivity contribution in [3.05, 3.63) is 65.9 Å². The first-order chi connectivity index (χ1) is 20.4. The molecule has 13 heteroatoms. The minimum atomic E-state index is -1.55. The third kappa shape index (κ3) is 9.04. The van der Waals surface area contributed by atoms with Crippen molar-refractivity contribution in [3.8, 4) is 5.75 Å². The van der Waals surface area contributed by atoms with Crippen LogP contribution in [0.3, 0.4) is 0 Å². The lowest BCUT2D eigenvalue weighted by molar-refractivity contribution is -0.143. The van der Waals surface area contributed by atoms with Crippen molar-refractivity contribution < 1.29 is 39.3 Å². The lowest BCUT2D eigenvalue weighted by atomic mass is 9.98. The largest absolute Gasteiger partial charge is 0.508 e. The second kappa shape index (κ2) is 14.8. The number of hydrogen-bond acceptors (Lipinski definition) is 7. The van der Waals surface area contributed by atoms with E-state index in [4.69, 9.17) is 5.73 Å². The second-order valence-electron chi connectivity index (χ2n) is 10.5. The van der Waals surface area contributed by atoms with Crippen LogP contribution in [0.5, 0.6) is 5.75 Å². The molecule has 0 aliphatic heterocycles. The minimum absolute atomic E-state index is 0.00530. The number of aromatic amines is 1. The molecule has 2 aromatic carbocycles. The van der Waals surface area contributed by atoms with Crippen molar-refractivity contribution in [2.24, 2.45) is 11.7 Å². The molecule has 3 aromatic rings. The molecule has 1 aromatic heterocycles. The number of aromatic hydroxyl groups is 1. The predicted molar refractivity (Wildman–Crippen MR) is 157 cm³/mol. The summed E-state index contributed by atoms with van der Waals surface area (Å²) in [4.78, 5) is 66.3. The molecule has 9 N–H and O–H groups in total. The first-order valence-electron chi connectivity index (χ1n) is 13.8. The molecule has 3 rings (SSSR count). The molecular weight excluding hydrogens is 558 g/mol. The molecule has 1 heterocycles. The maximum atomic E-state index is 13.5. The highest BCUT2D eigenvalue weighted by Gasteiger charge is 2.32. The topological polar surface area (TPSA) is 224 Å². The number of carbonyl (C=O) groups is 5. The molecule has 5 unspecified atom stereocenters. The number of amides is 3. The van der Waals surface area contributed by atoms with Crippen LogP contribution in [0, 0.1) is 5.92 Å². The minimum Gasteiger partial charge on any atom is -0.508 e. The Hall–Kier alpha value is -4.91. The van der Waals surface area contributed by atoms with Gasteiger partial charge in [-0.25, -0.2) is 4.79 Å². The molecule has 0 aliphatic rings. The van der Waals surface area contributed by atoms with E-state index in [1.807, 2.05) is 25.1 Å². The van der Waals surface area contributed by atoms with Crippen molar-refractivity contribution >= 4 is 40.6 Å². The van der Waals surface area contributed by atoms with Gasteiger partial charge in [0.05, 0.1) is 12.5 Å². The number of nitrogens with one attached hydrogen (secondary N) is 4. The Kier molecular flexibility index (Phi) is 11.2. The molecule has 3 amide bonds. The monoisotopic (exact) mass is 595 g/mol. The van der Waals surface area contributed by atoms with E-state index < -0.39 is 60.2 Å². The van der Waals surface area contributed by atoms with Crippen LogP contribution in [-0.2, 0) is 36.8 Å². The number of H-pyrrole nitrogens is 1. The summed E-state index contributed by atoms with van der Waals surface area (Å²) in [6, 6.07) is 7.80. The van der Waals surface area contributed by atoms with Gasteiger partial charge in [0.15, 0.2) is 0 Å². The van der Waals surface area contributed by atoms with Gasteiger partial charge in [0.25, 0.3) is 0 Å². The second-order valence-corrected chi connectivity index (χ2v) is 10.5. The number of carboxylic acid groups (broad SMARTS) is 2. The van der Waals surface area contributed by atoms with Crippen LogP contribution in [-0.4, -0.2) is 74.1 Å². The number of aliphatic carboxylic acids is 2. The number of phenolic OH excluding ortho intramolecular Hbond substituents is 1. The Morgan fingerprint density at radius 1 is 0.837 bits per heavy atom. The third-order valence-corrected chi connectivity index (χ3v) is 7.29. The number of phenols is 1. The van der Waals surface area contributed by atoms with Gasteiger partial charge in [-0.05, 0) is 35.2 Å². The zero-order chi connectivity index (χ0) is 31.7. The summed E-state index contributed by atoms with van der Waals surface area (Å²) in [6.07, 6.45) is 1.27. The van der Waals surface area contributed by atoms with Gasteiger partial charge < -0.3 is 42.0 Å². The molecule has 0 radical (unpaired) electrons. The SMILES string of the molecule is CCC(C)C(N)C(=O)NC(CC(=O)O)C(=O)NC(Cc1c[nH]c2ccccc12)C(=O)NC(Cc1ccc(O)cc1)C(=O)O. The van der Waals surface area contributed by atoms with E-state index in [2.05, 4.69) is 20.9 Å². The Morgan fingerprint density at radius 3 is 2.07 bits per heavy atom. The van der Waals surface area contributed by atoms with Gasteiger partial charge >= 0.3 is 11.9 Å². The van der Waals surface area contributed by atoms with E-state index in [1.165, 1.54) is 24.3 Å². The number of carboxylic acids is 2. The van der Waals surface area contributed by atoms with Gasteiger partial charge in [-0.15, -0.1) is 0 Å².